The first kappa shape index (κ1) is 28.2. The van der Waals surface area contributed by atoms with Crippen LogP contribution < -0.4 is 9.47 Å². The van der Waals surface area contributed by atoms with Crippen molar-refractivity contribution in [2.24, 2.45) is 5.92 Å². The minimum Gasteiger partial charge on any atom is -0.493 e. The highest BCUT2D eigenvalue weighted by molar-refractivity contribution is 5.76. The molecule has 3 aromatic carbocycles. The van der Waals surface area contributed by atoms with Crippen molar-refractivity contribution in [2.75, 3.05) is 20.2 Å². The molecule has 5 nitrogen and oxygen atoms in total. The fourth-order valence-corrected chi connectivity index (χ4v) is 6.29. The van der Waals surface area contributed by atoms with E-state index in [2.05, 4.69) is 64.4 Å². The Kier molecular flexibility index (Phi) is 10.1. The van der Waals surface area contributed by atoms with Gasteiger partial charge in [-0.15, -0.1) is 0 Å². The van der Waals surface area contributed by atoms with Gasteiger partial charge in [0.2, 0.25) is 5.91 Å². The lowest BCUT2D eigenvalue weighted by Gasteiger charge is -2.39. The molecule has 2 fully saturated rings. The van der Waals surface area contributed by atoms with Crippen LogP contribution in [0.4, 0.5) is 0 Å². The molecule has 0 unspecified atom stereocenters. The maximum atomic E-state index is 13.8. The van der Waals surface area contributed by atoms with Gasteiger partial charge in [0.25, 0.3) is 0 Å². The number of rotatable bonds is 12. The molecule has 2 aliphatic rings. The molecular formula is C35H44N2O3. The van der Waals surface area contributed by atoms with Crippen LogP contribution in [0.15, 0.2) is 78.9 Å². The minimum atomic E-state index is 0.263. The summed E-state index contributed by atoms with van der Waals surface area (Å²) in [5, 5.41) is 0. The van der Waals surface area contributed by atoms with Gasteiger partial charge in [0.05, 0.1) is 7.11 Å². The molecule has 0 bridgehead atoms. The number of hydrogen-bond acceptors (Lipinski definition) is 4. The van der Waals surface area contributed by atoms with Crippen molar-refractivity contribution in [1.29, 1.82) is 0 Å². The van der Waals surface area contributed by atoms with Crippen molar-refractivity contribution in [3.8, 4) is 11.5 Å². The molecule has 1 saturated carbocycles. The van der Waals surface area contributed by atoms with Crippen molar-refractivity contribution in [2.45, 2.75) is 77.1 Å². The zero-order chi connectivity index (χ0) is 27.6. The van der Waals surface area contributed by atoms with Crippen LogP contribution in [0.5, 0.6) is 11.5 Å². The van der Waals surface area contributed by atoms with Gasteiger partial charge in [-0.3, -0.25) is 9.69 Å². The van der Waals surface area contributed by atoms with Crippen molar-refractivity contribution < 1.29 is 14.3 Å². The molecule has 3 aromatic rings. The summed E-state index contributed by atoms with van der Waals surface area (Å²) >= 11 is 0. The van der Waals surface area contributed by atoms with E-state index in [4.69, 9.17) is 9.47 Å². The Morgan fingerprint density at radius 1 is 0.825 bits per heavy atom. The Hall–Kier alpha value is -3.31. The maximum Gasteiger partial charge on any atom is 0.223 e. The van der Waals surface area contributed by atoms with E-state index in [1.807, 2.05) is 24.3 Å². The number of nitrogens with zero attached hydrogens (tertiary/aromatic N) is 2. The molecule has 212 valence electrons. The molecule has 40 heavy (non-hydrogen) atoms. The van der Waals surface area contributed by atoms with E-state index in [-0.39, 0.29) is 6.04 Å². The number of likely N-dealkylation sites (tertiary alicyclic amines) is 1. The zero-order valence-corrected chi connectivity index (χ0v) is 24.0. The van der Waals surface area contributed by atoms with Gasteiger partial charge >= 0.3 is 0 Å². The molecule has 5 rings (SSSR count). The van der Waals surface area contributed by atoms with Gasteiger partial charge in [0.15, 0.2) is 11.5 Å². The van der Waals surface area contributed by atoms with E-state index in [0.717, 1.165) is 61.7 Å². The van der Waals surface area contributed by atoms with E-state index < -0.39 is 0 Å². The molecule has 1 aliphatic heterocycles. The molecule has 1 heterocycles. The topological polar surface area (TPSA) is 42.0 Å². The summed E-state index contributed by atoms with van der Waals surface area (Å²) in [6.07, 6.45) is 8.90. The lowest BCUT2D eigenvalue weighted by Crippen LogP contribution is -2.46. The summed E-state index contributed by atoms with van der Waals surface area (Å²) < 4.78 is 11.8. The second-order valence-electron chi connectivity index (χ2n) is 11.5. The average Bonchev–Trinajstić information content (AvgIpc) is 3.53. The van der Waals surface area contributed by atoms with Crippen molar-refractivity contribution in [3.63, 3.8) is 0 Å². The summed E-state index contributed by atoms with van der Waals surface area (Å²) in [6.45, 7) is 4.09. The van der Waals surface area contributed by atoms with Gasteiger partial charge in [0, 0.05) is 38.6 Å². The molecule has 0 aromatic heterocycles. The van der Waals surface area contributed by atoms with Gasteiger partial charge < -0.3 is 14.4 Å². The fraction of sp³-hybridized carbons (Fsp3) is 0.457. The number of ether oxygens (including phenoxy) is 2. The smallest absolute Gasteiger partial charge is 0.223 e. The third-order valence-electron chi connectivity index (χ3n) is 8.63. The zero-order valence-electron chi connectivity index (χ0n) is 24.0. The molecule has 0 atom stereocenters. The first-order chi connectivity index (χ1) is 19.7. The van der Waals surface area contributed by atoms with E-state index in [1.165, 1.54) is 31.2 Å². The lowest BCUT2D eigenvalue weighted by molar-refractivity contribution is -0.135. The van der Waals surface area contributed by atoms with Crippen LogP contribution in [0.1, 0.15) is 68.1 Å². The summed E-state index contributed by atoms with van der Waals surface area (Å²) in [6, 6.07) is 27.2. The SMILES string of the molecule is COc1ccc(CN(C(=O)CCC2CCCC2)C2CCN(Cc3ccccc3)CC2)cc1OCc1ccccc1. The van der Waals surface area contributed by atoms with Crippen LogP contribution in [-0.2, 0) is 24.5 Å². The number of piperidine rings is 1. The monoisotopic (exact) mass is 540 g/mol. The number of benzene rings is 3. The largest absolute Gasteiger partial charge is 0.493 e. The Morgan fingerprint density at radius 3 is 2.17 bits per heavy atom. The Balaban J connectivity index is 1.27. The van der Waals surface area contributed by atoms with Crippen LogP contribution in [0.3, 0.4) is 0 Å². The normalized spacial score (nSPS) is 16.6. The van der Waals surface area contributed by atoms with Crippen LogP contribution in [-0.4, -0.2) is 41.9 Å². The molecule has 0 spiro atoms. The number of methoxy groups -OCH3 is 1. The Morgan fingerprint density at radius 2 is 1.50 bits per heavy atom. The highest BCUT2D eigenvalue weighted by atomic mass is 16.5. The average molecular weight is 541 g/mol. The molecule has 1 amide bonds. The molecule has 0 radical (unpaired) electrons. The highest BCUT2D eigenvalue weighted by Gasteiger charge is 2.29. The second-order valence-corrected chi connectivity index (χ2v) is 11.5. The summed E-state index contributed by atoms with van der Waals surface area (Å²) in [4.78, 5) is 18.5. The molecule has 5 heteroatoms. The van der Waals surface area contributed by atoms with E-state index in [1.54, 1.807) is 7.11 Å². The molecule has 1 aliphatic carbocycles. The number of carbonyl (C=O) groups is 1. The quantitative estimate of drug-likeness (QED) is 0.243. The Labute approximate surface area is 240 Å². The maximum absolute atomic E-state index is 13.8. The van der Waals surface area contributed by atoms with Gasteiger partial charge in [0.1, 0.15) is 6.61 Å². The minimum absolute atomic E-state index is 0.263. The van der Waals surface area contributed by atoms with Gasteiger partial charge in [-0.05, 0) is 54.0 Å². The fourth-order valence-electron chi connectivity index (χ4n) is 6.29. The van der Waals surface area contributed by atoms with Crippen LogP contribution >= 0.6 is 0 Å². The van der Waals surface area contributed by atoms with E-state index in [9.17, 15) is 4.79 Å². The second kappa shape index (κ2) is 14.4. The summed E-state index contributed by atoms with van der Waals surface area (Å²) in [5.41, 5.74) is 3.55. The first-order valence-corrected chi connectivity index (χ1v) is 15.1. The van der Waals surface area contributed by atoms with Crippen LogP contribution in [0.25, 0.3) is 0 Å². The standard InChI is InChI=1S/C35H44N2O3/c1-39-33-18-16-31(24-34(33)40-27-30-14-6-3-7-15-30)26-37(35(38)19-17-28-10-8-9-11-28)32-20-22-36(23-21-32)25-29-12-4-2-5-13-29/h2-7,12-16,18,24,28,32H,8-11,17,19-23,25-27H2,1H3. The number of amides is 1. The lowest BCUT2D eigenvalue weighted by atomic mass is 9.98. The Bertz CT molecular complexity index is 1190. The predicted octanol–water partition coefficient (Wildman–Crippen LogP) is 7.24. The van der Waals surface area contributed by atoms with Gasteiger partial charge in [-0.25, -0.2) is 0 Å². The van der Waals surface area contributed by atoms with Gasteiger partial charge in [-0.2, -0.15) is 0 Å². The van der Waals surface area contributed by atoms with Crippen LogP contribution in [0, 0.1) is 5.92 Å². The predicted molar refractivity (Wildman–Crippen MR) is 160 cm³/mol. The first-order valence-electron chi connectivity index (χ1n) is 15.1. The molecule has 1 saturated heterocycles. The highest BCUT2D eigenvalue weighted by Crippen LogP contribution is 2.32. The van der Waals surface area contributed by atoms with Crippen LogP contribution in [0.2, 0.25) is 0 Å². The van der Waals surface area contributed by atoms with Crippen molar-refractivity contribution >= 4 is 5.91 Å². The van der Waals surface area contributed by atoms with Crippen molar-refractivity contribution in [3.05, 3.63) is 95.6 Å². The van der Waals surface area contributed by atoms with E-state index >= 15 is 0 Å². The van der Waals surface area contributed by atoms with Crippen molar-refractivity contribution in [1.82, 2.24) is 9.80 Å². The summed E-state index contributed by atoms with van der Waals surface area (Å²) in [5.74, 6) is 2.46. The summed E-state index contributed by atoms with van der Waals surface area (Å²) in [7, 11) is 1.67. The molecular weight excluding hydrogens is 496 g/mol. The third-order valence-corrected chi connectivity index (χ3v) is 8.63. The van der Waals surface area contributed by atoms with E-state index in [0.29, 0.717) is 31.2 Å². The number of carbonyl (C=O) groups excluding carboxylic acids is 1. The van der Waals surface area contributed by atoms with Gasteiger partial charge in [-0.1, -0.05) is 92.4 Å². The number of hydrogen-bond donors (Lipinski definition) is 0. The third kappa shape index (κ3) is 7.88. The molecule has 0 N–H and O–H groups in total.